The number of aliphatic hydroxyl groups excluding tert-OH is 1. The molecule has 2 heteroatoms. The number of rotatable bonds is 5. The Morgan fingerprint density at radius 2 is 2.08 bits per heavy atom. The molecule has 0 saturated heterocycles. The summed E-state index contributed by atoms with van der Waals surface area (Å²) in [5.41, 5.74) is 1.01. The summed E-state index contributed by atoms with van der Waals surface area (Å²) in [6, 6.07) is 1.97. The molecule has 0 aliphatic rings. The van der Waals surface area contributed by atoms with Crippen molar-refractivity contribution in [2.45, 2.75) is 39.8 Å². The topological polar surface area (TPSA) is 25.2 Å². The third-order valence-electron chi connectivity index (χ3n) is 2.62. The van der Waals surface area contributed by atoms with E-state index < -0.39 is 0 Å². The number of nitrogens with zero attached hydrogens (tertiary/aromatic N) is 1. The van der Waals surface area contributed by atoms with Gasteiger partial charge in [-0.3, -0.25) is 0 Å². The second-order valence-corrected chi connectivity index (χ2v) is 3.56. The van der Waals surface area contributed by atoms with E-state index >= 15 is 0 Å². The van der Waals surface area contributed by atoms with Gasteiger partial charge in [-0.1, -0.05) is 26.7 Å². The molecule has 0 aliphatic carbocycles. The van der Waals surface area contributed by atoms with Gasteiger partial charge >= 0.3 is 0 Å². The van der Waals surface area contributed by atoms with Crippen molar-refractivity contribution in [3.63, 3.8) is 0 Å². The Kier molecular flexibility index (Phi) is 4.03. The first kappa shape index (κ1) is 10.3. The van der Waals surface area contributed by atoms with Gasteiger partial charge in [0.1, 0.15) is 0 Å². The zero-order valence-corrected chi connectivity index (χ0v) is 8.53. The summed E-state index contributed by atoms with van der Waals surface area (Å²) in [5.74, 6) is 0.763. The van der Waals surface area contributed by atoms with Crippen molar-refractivity contribution in [1.29, 1.82) is 0 Å². The maximum absolute atomic E-state index is 8.89. The molecule has 74 valence electrons. The molecular weight excluding hydrogens is 162 g/mol. The van der Waals surface area contributed by atoms with E-state index in [1.54, 1.807) is 0 Å². The second kappa shape index (κ2) is 5.07. The van der Waals surface area contributed by atoms with Crippen molar-refractivity contribution in [1.82, 2.24) is 4.57 Å². The minimum absolute atomic E-state index is 0.149. The van der Waals surface area contributed by atoms with Crippen LogP contribution < -0.4 is 0 Å². The van der Waals surface area contributed by atoms with Gasteiger partial charge in [-0.05, 0) is 17.5 Å². The molecule has 0 bridgehead atoms. The standard InChI is InChI=1S/C11H19NO/c1-3-10(4-2)7-12-6-5-11(8-12)9-13/h5-6,8,10,13H,3-4,7,9H2,1-2H3. The molecule has 0 radical (unpaired) electrons. The fraction of sp³-hybridized carbons (Fsp3) is 0.636. The summed E-state index contributed by atoms with van der Waals surface area (Å²) in [7, 11) is 0. The molecule has 1 aromatic rings. The normalized spacial score (nSPS) is 11.1. The first-order valence-corrected chi connectivity index (χ1v) is 5.05. The number of hydrogen-bond donors (Lipinski definition) is 1. The fourth-order valence-corrected chi connectivity index (χ4v) is 1.54. The van der Waals surface area contributed by atoms with Crippen molar-refractivity contribution in [2.75, 3.05) is 0 Å². The summed E-state index contributed by atoms with van der Waals surface area (Å²) >= 11 is 0. The third-order valence-corrected chi connectivity index (χ3v) is 2.62. The lowest BCUT2D eigenvalue weighted by atomic mass is 10.0. The van der Waals surface area contributed by atoms with Crippen molar-refractivity contribution in [2.24, 2.45) is 5.92 Å². The van der Waals surface area contributed by atoms with Gasteiger partial charge in [0.2, 0.25) is 0 Å². The molecule has 1 heterocycles. The first-order chi connectivity index (χ1) is 6.30. The maximum atomic E-state index is 8.89. The molecule has 2 nitrogen and oxygen atoms in total. The van der Waals surface area contributed by atoms with Crippen LogP contribution in [-0.4, -0.2) is 9.67 Å². The second-order valence-electron chi connectivity index (χ2n) is 3.56. The summed E-state index contributed by atoms with van der Waals surface area (Å²) in [6.07, 6.45) is 6.52. The van der Waals surface area contributed by atoms with Gasteiger partial charge in [-0.15, -0.1) is 0 Å². The first-order valence-electron chi connectivity index (χ1n) is 5.05. The van der Waals surface area contributed by atoms with Crippen LogP contribution in [-0.2, 0) is 13.2 Å². The lowest BCUT2D eigenvalue weighted by molar-refractivity contribution is 0.281. The summed E-state index contributed by atoms with van der Waals surface area (Å²) in [5, 5.41) is 8.89. The van der Waals surface area contributed by atoms with Crippen LogP contribution in [0.25, 0.3) is 0 Å². The van der Waals surface area contributed by atoms with E-state index in [4.69, 9.17) is 5.11 Å². The van der Waals surface area contributed by atoms with Crippen molar-refractivity contribution in [3.05, 3.63) is 24.0 Å². The van der Waals surface area contributed by atoms with E-state index in [0.29, 0.717) is 0 Å². The Labute approximate surface area is 80.2 Å². The fourth-order valence-electron chi connectivity index (χ4n) is 1.54. The zero-order chi connectivity index (χ0) is 9.68. The minimum Gasteiger partial charge on any atom is -0.392 e. The molecule has 0 fully saturated rings. The Morgan fingerprint density at radius 1 is 1.38 bits per heavy atom. The minimum atomic E-state index is 0.149. The maximum Gasteiger partial charge on any atom is 0.0696 e. The third kappa shape index (κ3) is 2.88. The average molecular weight is 181 g/mol. The Morgan fingerprint density at radius 3 is 2.54 bits per heavy atom. The van der Waals surface area contributed by atoms with Crippen LogP contribution in [0.2, 0.25) is 0 Å². The summed E-state index contributed by atoms with van der Waals surface area (Å²) in [4.78, 5) is 0. The molecule has 13 heavy (non-hydrogen) atoms. The molecule has 0 atom stereocenters. The number of aromatic nitrogens is 1. The van der Waals surface area contributed by atoms with Gasteiger partial charge in [0, 0.05) is 18.9 Å². The largest absolute Gasteiger partial charge is 0.392 e. The summed E-state index contributed by atoms with van der Waals surface area (Å²) in [6.45, 7) is 5.68. The van der Waals surface area contributed by atoms with E-state index in [1.807, 2.05) is 18.5 Å². The van der Waals surface area contributed by atoms with Crippen LogP contribution in [0.1, 0.15) is 32.3 Å². The van der Waals surface area contributed by atoms with E-state index in [9.17, 15) is 0 Å². The number of aliphatic hydroxyl groups is 1. The average Bonchev–Trinajstić information content (AvgIpc) is 2.61. The molecular formula is C11H19NO. The van der Waals surface area contributed by atoms with Gasteiger partial charge in [0.05, 0.1) is 6.61 Å². The monoisotopic (exact) mass is 181 g/mol. The molecule has 1 aromatic heterocycles. The van der Waals surface area contributed by atoms with Gasteiger partial charge in [-0.25, -0.2) is 0 Å². The molecule has 1 N–H and O–H groups in total. The SMILES string of the molecule is CCC(CC)Cn1ccc(CO)c1. The molecule has 0 spiro atoms. The molecule has 0 amide bonds. The summed E-state index contributed by atoms with van der Waals surface area (Å²) < 4.78 is 2.17. The highest BCUT2D eigenvalue weighted by Crippen LogP contribution is 2.12. The van der Waals surface area contributed by atoms with E-state index in [-0.39, 0.29) is 6.61 Å². The predicted molar refractivity (Wildman–Crippen MR) is 54.4 cm³/mol. The number of hydrogen-bond acceptors (Lipinski definition) is 1. The Hall–Kier alpha value is -0.760. The van der Waals surface area contributed by atoms with Crippen LogP contribution in [0.5, 0.6) is 0 Å². The van der Waals surface area contributed by atoms with E-state index in [0.717, 1.165) is 18.0 Å². The predicted octanol–water partition coefficient (Wildman–Crippen LogP) is 2.42. The van der Waals surface area contributed by atoms with Crippen molar-refractivity contribution in [3.8, 4) is 0 Å². The zero-order valence-electron chi connectivity index (χ0n) is 8.53. The molecule has 0 aromatic carbocycles. The van der Waals surface area contributed by atoms with Gasteiger partial charge in [0.25, 0.3) is 0 Å². The highest BCUT2D eigenvalue weighted by molar-refractivity contribution is 5.08. The van der Waals surface area contributed by atoms with Crippen LogP contribution >= 0.6 is 0 Å². The van der Waals surface area contributed by atoms with Gasteiger partial charge in [0.15, 0.2) is 0 Å². The lowest BCUT2D eigenvalue weighted by Crippen LogP contribution is -2.07. The van der Waals surface area contributed by atoms with Gasteiger partial charge < -0.3 is 9.67 Å². The van der Waals surface area contributed by atoms with E-state index in [2.05, 4.69) is 18.4 Å². The highest BCUT2D eigenvalue weighted by Gasteiger charge is 2.04. The van der Waals surface area contributed by atoms with Crippen LogP contribution in [0, 0.1) is 5.92 Å². The quantitative estimate of drug-likeness (QED) is 0.741. The van der Waals surface area contributed by atoms with Crippen molar-refractivity contribution >= 4 is 0 Å². The Bertz CT molecular complexity index is 238. The van der Waals surface area contributed by atoms with Crippen molar-refractivity contribution < 1.29 is 5.11 Å². The smallest absolute Gasteiger partial charge is 0.0696 e. The Balaban J connectivity index is 2.52. The lowest BCUT2D eigenvalue weighted by Gasteiger charge is -2.12. The van der Waals surface area contributed by atoms with Crippen LogP contribution in [0.3, 0.4) is 0 Å². The molecule has 0 aliphatic heterocycles. The molecule has 0 unspecified atom stereocenters. The molecule has 1 rings (SSSR count). The van der Waals surface area contributed by atoms with E-state index in [1.165, 1.54) is 12.8 Å². The highest BCUT2D eigenvalue weighted by atomic mass is 16.3. The van der Waals surface area contributed by atoms with Crippen LogP contribution in [0.15, 0.2) is 18.5 Å². The van der Waals surface area contributed by atoms with Crippen LogP contribution in [0.4, 0.5) is 0 Å². The molecule has 0 saturated carbocycles. The van der Waals surface area contributed by atoms with Gasteiger partial charge in [-0.2, -0.15) is 0 Å².